The highest BCUT2D eigenvalue weighted by atomic mass is 16.6. The molecular formula is C14H13N3O3. The maximum absolute atomic E-state index is 12.1. The lowest BCUT2D eigenvalue weighted by molar-refractivity contribution is -0.384. The van der Waals surface area contributed by atoms with Gasteiger partial charge in [-0.1, -0.05) is 19.1 Å². The summed E-state index contributed by atoms with van der Waals surface area (Å²) >= 11 is 0. The molecule has 0 N–H and O–H groups in total. The molecule has 1 atom stereocenters. The van der Waals surface area contributed by atoms with Crippen LogP contribution in [0.25, 0.3) is 11.3 Å². The predicted molar refractivity (Wildman–Crippen MR) is 73.5 cm³/mol. The van der Waals surface area contributed by atoms with Gasteiger partial charge in [-0.25, -0.2) is 4.98 Å². The molecule has 20 heavy (non-hydrogen) atoms. The average Bonchev–Trinajstić information content (AvgIpc) is 2.80. The van der Waals surface area contributed by atoms with Crippen LogP contribution in [0.15, 0.2) is 35.1 Å². The van der Waals surface area contributed by atoms with Crippen molar-refractivity contribution in [1.29, 1.82) is 0 Å². The number of rotatable bonds is 2. The fraction of sp³-hybridized carbons (Fsp3) is 0.286. The first-order valence-corrected chi connectivity index (χ1v) is 6.40. The summed E-state index contributed by atoms with van der Waals surface area (Å²) in [6.45, 7) is 2.76. The molecule has 0 bridgehead atoms. The number of non-ortho nitro benzene ring substituents is 1. The summed E-state index contributed by atoms with van der Waals surface area (Å²) in [5.74, 6) is 1.15. The lowest BCUT2D eigenvalue weighted by Crippen LogP contribution is -2.20. The lowest BCUT2D eigenvalue weighted by Gasteiger charge is -2.05. The Morgan fingerprint density at radius 3 is 2.95 bits per heavy atom. The van der Waals surface area contributed by atoms with Crippen LogP contribution in [-0.2, 0) is 13.0 Å². The fourth-order valence-electron chi connectivity index (χ4n) is 2.52. The average molecular weight is 271 g/mol. The van der Waals surface area contributed by atoms with Gasteiger partial charge in [-0.3, -0.25) is 19.5 Å². The van der Waals surface area contributed by atoms with Crippen molar-refractivity contribution in [3.8, 4) is 11.3 Å². The van der Waals surface area contributed by atoms with Gasteiger partial charge in [0.15, 0.2) is 0 Å². The molecule has 1 aliphatic heterocycles. The van der Waals surface area contributed by atoms with E-state index in [0.717, 1.165) is 12.2 Å². The normalized spacial score (nSPS) is 16.9. The molecular weight excluding hydrogens is 258 g/mol. The van der Waals surface area contributed by atoms with Crippen LogP contribution < -0.4 is 5.56 Å². The SMILES string of the molecule is CC1Cc2nc(-c3cccc([N+](=O)[O-])c3)cc(=O)n2C1. The van der Waals surface area contributed by atoms with Crippen molar-refractivity contribution in [2.24, 2.45) is 5.92 Å². The van der Waals surface area contributed by atoms with Crippen LogP contribution in [0.1, 0.15) is 12.7 Å². The molecule has 1 aromatic heterocycles. The Bertz CT molecular complexity index is 752. The second-order valence-electron chi connectivity index (χ2n) is 5.12. The molecule has 6 nitrogen and oxygen atoms in total. The Labute approximate surface area is 114 Å². The summed E-state index contributed by atoms with van der Waals surface area (Å²) in [5, 5.41) is 10.8. The second-order valence-corrected chi connectivity index (χ2v) is 5.12. The van der Waals surface area contributed by atoms with Gasteiger partial charge in [0.25, 0.3) is 11.2 Å². The first-order chi connectivity index (χ1) is 9.54. The summed E-state index contributed by atoms with van der Waals surface area (Å²) in [6.07, 6.45) is 0.762. The zero-order chi connectivity index (χ0) is 14.3. The third kappa shape index (κ3) is 2.09. The van der Waals surface area contributed by atoms with Crippen molar-refractivity contribution >= 4 is 5.69 Å². The van der Waals surface area contributed by atoms with Crippen LogP contribution in [0.4, 0.5) is 5.69 Å². The first kappa shape index (κ1) is 12.5. The first-order valence-electron chi connectivity index (χ1n) is 6.40. The van der Waals surface area contributed by atoms with E-state index in [1.54, 1.807) is 16.7 Å². The molecule has 1 aromatic carbocycles. The van der Waals surface area contributed by atoms with Crippen molar-refractivity contribution in [3.05, 3.63) is 56.6 Å². The number of hydrogen-bond donors (Lipinski definition) is 0. The fourth-order valence-corrected chi connectivity index (χ4v) is 2.52. The monoisotopic (exact) mass is 271 g/mol. The maximum atomic E-state index is 12.1. The highest BCUT2D eigenvalue weighted by molar-refractivity contribution is 5.62. The molecule has 6 heteroatoms. The van der Waals surface area contributed by atoms with Crippen LogP contribution >= 0.6 is 0 Å². The van der Waals surface area contributed by atoms with Gasteiger partial charge in [-0.2, -0.15) is 0 Å². The number of aromatic nitrogens is 2. The summed E-state index contributed by atoms with van der Waals surface area (Å²) in [7, 11) is 0. The smallest absolute Gasteiger partial charge is 0.270 e. The molecule has 3 rings (SSSR count). The molecule has 0 saturated carbocycles. The van der Waals surface area contributed by atoms with E-state index in [1.807, 2.05) is 0 Å². The van der Waals surface area contributed by atoms with Gasteiger partial charge in [0, 0.05) is 36.7 Å². The zero-order valence-corrected chi connectivity index (χ0v) is 10.9. The second kappa shape index (κ2) is 4.56. The van der Waals surface area contributed by atoms with Gasteiger partial charge >= 0.3 is 0 Å². The molecule has 2 aromatic rings. The standard InChI is InChI=1S/C14H13N3O3/c1-9-5-13-15-12(7-14(18)16(13)8-9)10-3-2-4-11(6-10)17(19)20/h2-4,6-7,9H,5,8H2,1H3. The molecule has 102 valence electrons. The van der Waals surface area contributed by atoms with Crippen LogP contribution in [0.5, 0.6) is 0 Å². The van der Waals surface area contributed by atoms with Gasteiger partial charge < -0.3 is 0 Å². The largest absolute Gasteiger partial charge is 0.296 e. The minimum Gasteiger partial charge on any atom is -0.296 e. The maximum Gasteiger partial charge on any atom is 0.270 e. The molecule has 1 unspecified atom stereocenters. The minimum atomic E-state index is -0.453. The van der Waals surface area contributed by atoms with Crippen molar-refractivity contribution in [1.82, 2.24) is 9.55 Å². The van der Waals surface area contributed by atoms with E-state index in [-0.39, 0.29) is 11.2 Å². The topological polar surface area (TPSA) is 78.0 Å². The Morgan fingerprint density at radius 2 is 2.20 bits per heavy atom. The summed E-state index contributed by atoms with van der Waals surface area (Å²) < 4.78 is 1.67. The summed E-state index contributed by atoms with van der Waals surface area (Å²) in [4.78, 5) is 26.9. The van der Waals surface area contributed by atoms with Gasteiger partial charge in [0.05, 0.1) is 10.6 Å². The van der Waals surface area contributed by atoms with E-state index >= 15 is 0 Å². The van der Waals surface area contributed by atoms with Gasteiger partial charge in [-0.15, -0.1) is 0 Å². The van der Waals surface area contributed by atoms with Gasteiger partial charge in [0.2, 0.25) is 0 Å². The Morgan fingerprint density at radius 1 is 1.40 bits per heavy atom. The van der Waals surface area contributed by atoms with Gasteiger partial charge in [-0.05, 0) is 5.92 Å². The van der Waals surface area contributed by atoms with Crippen molar-refractivity contribution in [2.45, 2.75) is 19.9 Å². The minimum absolute atomic E-state index is 0.00160. The number of hydrogen-bond acceptors (Lipinski definition) is 4. The van der Waals surface area contributed by atoms with Crippen molar-refractivity contribution < 1.29 is 4.92 Å². The highest BCUT2D eigenvalue weighted by Crippen LogP contribution is 2.23. The molecule has 0 radical (unpaired) electrons. The summed E-state index contributed by atoms with van der Waals surface area (Å²) in [6, 6.07) is 7.64. The number of benzene rings is 1. The predicted octanol–water partition coefficient (Wildman–Crippen LogP) is 2.01. The third-order valence-electron chi connectivity index (χ3n) is 3.47. The quantitative estimate of drug-likeness (QED) is 0.618. The molecule has 0 amide bonds. The van der Waals surface area contributed by atoms with Gasteiger partial charge in [0.1, 0.15) is 5.82 Å². The van der Waals surface area contributed by atoms with E-state index < -0.39 is 4.92 Å². The molecule has 0 saturated heterocycles. The van der Waals surface area contributed by atoms with E-state index in [9.17, 15) is 14.9 Å². The van der Waals surface area contributed by atoms with E-state index in [4.69, 9.17) is 0 Å². The molecule has 0 spiro atoms. The number of nitrogens with zero attached hydrogens (tertiary/aromatic N) is 3. The van der Waals surface area contributed by atoms with E-state index in [1.165, 1.54) is 18.2 Å². The van der Waals surface area contributed by atoms with Crippen molar-refractivity contribution in [3.63, 3.8) is 0 Å². The molecule has 0 aliphatic carbocycles. The number of nitro benzene ring substituents is 1. The lowest BCUT2D eigenvalue weighted by atomic mass is 10.1. The Hall–Kier alpha value is -2.50. The third-order valence-corrected chi connectivity index (χ3v) is 3.47. The van der Waals surface area contributed by atoms with Crippen LogP contribution in [-0.4, -0.2) is 14.5 Å². The van der Waals surface area contributed by atoms with Crippen LogP contribution in [0.2, 0.25) is 0 Å². The summed E-state index contributed by atoms with van der Waals surface area (Å²) in [5.41, 5.74) is 0.998. The van der Waals surface area contributed by atoms with E-state index in [0.29, 0.717) is 23.7 Å². The molecule has 2 heterocycles. The highest BCUT2D eigenvalue weighted by Gasteiger charge is 2.21. The molecule has 0 fully saturated rings. The Kier molecular flexibility index (Phi) is 2.85. The van der Waals surface area contributed by atoms with Crippen LogP contribution in [0.3, 0.4) is 0 Å². The van der Waals surface area contributed by atoms with Crippen molar-refractivity contribution in [2.75, 3.05) is 0 Å². The molecule has 1 aliphatic rings. The number of nitro groups is 1. The van der Waals surface area contributed by atoms with E-state index in [2.05, 4.69) is 11.9 Å². The Balaban J connectivity index is 2.10. The zero-order valence-electron chi connectivity index (χ0n) is 10.9. The number of fused-ring (bicyclic) bond motifs is 1. The van der Waals surface area contributed by atoms with Crippen LogP contribution in [0, 0.1) is 16.0 Å².